The highest BCUT2D eigenvalue weighted by Gasteiger charge is 2.63. The molecule has 1 N–H and O–H groups in total. The average molecular weight is 501 g/mol. The molecule has 2 aromatic carbocycles. The molecule has 4 aromatic rings. The molecule has 5 nitrogen and oxygen atoms in total. The Balaban J connectivity index is 1.11. The van der Waals surface area contributed by atoms with E-state index in [1.54, 1.807) is 0 Å². The predicted molar refractivity (Wildman–Crippen MR) is 149 cm³/mol. The lowest BCUT2D eigenvalue weighted by molar-refractivity contribution is -0.00531. The Kier molecular flexibility index (Phi) is 5.40. The number of benzene rings is 2. The van der Waals surface area contributed by atoms with E-state index in [2.05, 4.69) is 41.7 Å². The molecule has 3 aliphatic rings. The standard InChI is InChI=1S/C33H32N4O/c1-21-7-9-28(15-26(21)20-34)35-27-10-8-25-19-33(18-22(13-27)14-30(25)33)32(38)31-17-29-16-24(11-12-37(29)36-31)23-5-3-2-4-6-23/h2-7,9,11-12,15-17,22,25,27,30,35H,8,10,13-14,18-19H2,1H3/t22-,25+,27+,30?,33?/m0/s1. The van der Waals surface area contributed by atoms with Crippen molar-refractivity contribution in [3.05, 3.63) is 89.7 Å². The van der Waals surface area contributed by atoms with Crippen molar-refractivity contribution in [3.8, 4) is 17.2 Å². The zero-order valence-corrected chi connectivity index (χ0v) is 21.7. The van der Waals surface area contributed by atoms with Gasteiger partial charge < -0.3 is 5.32 Å². The Morgan fingerprint density at radius 1 is 1.03 bits per heavy atom. The molecule has 2 unspecified atom stereocenters. The van der Waals surface area contributed by atoms with E-state index in [4.69, 9.17) is 5.10 Å². The van der Waals surface area contributed by atoms with Crippen LogP contribution < -0.4 is 5.32 Å². The molecule has 0 radical (unpaired) electrons. The number of anilines is 1. The number of hydrogen-bond acceptors (Lipinski definition) is 4. The van der Waals surface area contributed by atoms with Crippen LogP contribution in [0.5, 0.6) is 0 Å². The lowest BCUT2D eigenvalue weighted by Gasteiger charge is -2.50. The van der Waals surface area contributed by atoms with Crippen LogP contribution in [0.25, 0.3) is 16.6 Å². The number of fused-ring (bicyclic) bond motifs is 2. The summed E-state index contributed by atoms with van der Waals surface area (Å²) in [5.74, 6) is 1.93. The molecule has 190 valence electrons. The highest BCUT2D eigenvalue weighted by atomic mass is 16.1. The third-order valence-corrected chi connectivity index (χ3v) is 9.63. The van der Waals surface area contributed by atoms with Crippen LogP contribution >= 0.6 is 0 Å². The minimum Gasteiger partial charge on any atom is -0.382 e. The van der Waals surface area contributed by atoms with Crippen molar-refractivity contribution in [2.75, 3.05) is 5.32 Å². The Morgan fingerprint density at radius 2 is 1.89 bits per heavy atom. The normalized spacial score (nSPS) is 27.7. The Labute approximate surface area is 223 Å². The molecule has 2 bridgehead atoms. The second kappa shape index (κ2) is 8.84. The van der Waals surface area contributed by atoms with Gasteiger partial charge in [0.1, 0.15) is 5.69 Å². The maximum Gasteiger partial charge on any atom is 0.189 e. The van der Waals surface area contributed by atoms with Crippen LogP contribution in [0, 0.1) is 41.4 Å². The first kappa shape index (κ1) is 23.2. The fraction of sp³-hybridized carbons (Fsp3) is 0.364. The van der Waals surface area contributed by atoms with E-state index in [1.165, 1.54) is 5.56 Å². The molecule has 38 heavy (non-hydrogen) atoms. The summed E-state index contributed by atoms with van der Waals surface area (Å²) in [5, 5.41) is 17.9. The van der Waals surface area contributed by atoms with Crippen molar-refractivity contribution >= 4 is 17.0 Å². The summed E-state index contributed by atoms with van der Waals surface area (Å²) in [7, 11) is 0. The van der Waals surface area contributed by atoms with Gasteiger partial charge in [-0.15, -0.1) is 0 Å². The molecule has 3 aliphatic carbocycles. The number of nitrogens with zero attached hydrogens (tertiary/aromatic N) is 3. The number of nitriles is 1. The molecule has 0 aliphatic heterocycles. The van der Waals surface area contributed by atoms with E-state index in [0.29, 0.717) is 29.5 Å². The summed E-state index contributed by atoms with van der Waals surface area (Å²) in [6, 6.07) is 25.3. The number of pyridine rings is 1. The van der Waals surface area contributed by atoms with Gasteiger partial charge in [-0.05, 0) is 110 Å². The second-order valence-corrected chi connectivity index (χ2v) is 11.8. The molecule has 2 aromatic heterocycles. The summed E-state index contributed by atoms with van der Waals surface area (Å²) in [6.45, 7) is 1.98. The Hall–Kier alpha value is -3.91. The van der Waals surface area contributed by atoms with Gasteiger partial charge in [0, 0.05) is 23.3 Å². The van der Waals surface area contributed by atoms with Gasteiger partial charge in [-0.25, -0.2) is 4.52 Å². The number of carbonyl (C=O) groups is 1. The third kappa shape index (κ3) is 3.74. The topological polar surface area (TPSA) is 70.2 Å². The van der Waals surface area contributed by atoms with Crippen LogP contribution in [0.3, 0.4) is 0 Å². The van der Waals surface area contributed by atoms with Gasteiger partial charge in [0.15, 0.2) is 5.78 Å². The van der Waals surface area contributed by atoms with E-state index >= 15 is 0 Å². The number of hydrogen-bond donors (Lipinski definition) is 1. The van der Waals surface area contributed by atoms with Crippen molar-refractivity contribution in [1.29, 1.82) is 5.26 Å². The third-order valence-electron chi connectivity index (χ3n) is 9.63. The minimum atomic E-state index is -0.234. The van der Waals surface area contributed by atoms with Crippen LogP contribution in [0.15, 0.2) is 72.9 Å². The van der Waals surface area contributed by atoms with Gasteiger partial charge in [-0.2, -0.15) is 10.4 Å². The van der Waals surface area contributed by atoms with Gasteiger partial charge in [0.25, 0.3) is 0 Å². The molecule has 0 amide bonds. The summed E-state index contributed by atoms with van der Waals surface area (Å²) in [6.07, 6.45) is 8.47. The van der Waals surface area contributed by atoms with Gasteiger partial charge >= 0.3 is 0 Å². The number of ketones is 1. The monoisotopic (exact) mass is 500 g/mol. The van der Waals surface area contributed by atoms with Crippen molar-refractivity contribution in [1.82, 2.24) is 9.61 Å². The number of aryl methyl sites for hydroxylation is 1. The molecule has 0 spiro atoms. The van der Waals surface area contributed by atoms with Crippen molar-refractivity contribution in [2.24, 2.45) is 23.2 Å². The van der Waals surface area contributed by atoms with Gasteiger partial charge in [-0.3, -0.25) is 4.79 Å². The molecule has 3 saturated carbocycles. The van der Waals surface area contributed by atoms with Crippen molar-refractivity contribution < 1.29 is 4.79 Å². The van der Waals surface area contributed by atoms with Crippen LogP contribution in [-0.2, 0) is 0 Å². The maximum absolute atomic E-state index is 14.1. The average Bonchev–Trinajstić information content (AvgIpc) is 3.51. The van der Waals surface area contributed by atoms with E-state index in [1.807, 2.05) is 54.0 Å². The minimum absolute atomic E-state index is 0.234. The first-order valence-electron chi connectivity index (χ1n) is 13.9. The van der Waals surface area contributed by atoms with E-state index in [0.717, 1.165) is 66.4 Å². The summed E-state index contributed by atoms with van der Waals surface area (Å²) in [5.41, 5.74) is 6.44. The maximum atomic E-state index is 14.1. The van der Waals surface area contributed by atoms with Gasteiger partial charge in [0.05, 0.1) is 17.1 Å². The molecule has 0 saturated heterocycles. The Bertz CT molecular complexity index is 1580. The SMILES string of the molecule is Cc1ccc(N[C@@H]2CC[C@@H]3CC4(C(=O)c5cc6cc(-c7ccccc7)ccn6n5)C[C@H](CC34)C2)cc1C#N. The van der Waals surface area contributed by atoms with Gasteiger partial charge in [-0.1, -0.05) is 36.4 Å². The number of carbonyl (C=O) groups excluding carboxylic acids is 1. The fourth-order valence-electron chi connectivity index (χ4n) is 7.80. The van der Waals surface area contributed by atoms with Crippen molar-refractivity contribution in [3.63, 3.8) is 0 Å². The first-order chi connectivity index (χ1) is 18.5. The number of rotatable bonds is 5. The smallest absolute Gasteiger partial charge is 0.189 e. The lowest BCUT2D eigenvalue weighted by atomic mass is 9.52. The molecular formula is C33H32N4O. The highest BCUT2D eigenvalue weighted by molar-refractivity contribution is 6.01. The highest BCUT2D eigenvalue weighted by Crippen LogP contribution is 2.66. The predicted octanol–water partition coefficient (Wildman–Crippen LogP) is 7.06. The van der Waals surface area contributed by atoms with Gasteiger partial charge in [0.2, 0.25) is 0 Å². The number of Topliss-reactive ketones (excluding diaryl/α,β-unsaturated/α-hetero) is 1. The number of nitrogens with one attached hydrogen (secondary N) is 1. The van der Waals surface area contributed by atoms with Crippen LogP contribution in [0.4, 0.5) is 5.69 Å². The van der Waals surface area contributed by atoms with E-state index in [-0.39, 0.29) is 11.2 Å². The zero-order chi connectivity index (χ0) is 25.9. The quantitative estimate of drug-likeness (QED) is 0.298. The fourth-order valence-corrected chi connectivity index (χ4v) is 7.80. The van der Waals surface area contributed by atoms with Crippen molar-refractivity contribution in [2.45, 2.75) is 51.5 Å². The zero-order valence-electron chi connectivity index (χ0n) is 21.7. The van der Waals surface area contributed by atoms with E-state index in [9.17, 15) is 10.1 Å². The summed E-state index contributed by atoms with van der Waals surface area (Å²) in [4.78, 5) is 14.1. The number of aromatic nitrogens is 2. The molecule has 5 atom stereocenters. The molecule has 5 heteroatoms. The second-order valence-electron chi connectivity index (χ2n) is 11.8. The largest absolute Gasteiger partial charge is 0.382 e. The lowest BCUT2D eigenvalue weighted by Crippen LogP contribution is -2.50. The van der Waals surface area contributed by atoms with Crippen LogP contribution in [-0.4, -0.2) is 21.4 Å². The Morgan fingerprint density at radius 3 is 2.74 bits per heavy atom. The van der Waals surface area contributed by atoms with Crippen LogP contribution in [0.1, 0.15) is 60.1 Å². The molecular weight excluding hydrogens is 468 g/mol. The molecule has 7 rings (SSSR count). The van der Waals surface area contributed by atoms with E-state index < -0.39 is 0 Å². The van der Waals surface area contributed by atoms with Crippen LogP contribution in [0.2, 0.25) is 0 Å². The summed E-state index contributed by atoms with van der Waals surface area (Å²) < 4.78 is 1.85. The first-order valence-corrected chi connectivity index (χ1v) is 13.9. The summed E-state index contributed by atoms with van der Waals surface area (Å²) >= 11 is 0. The molecule has 3 fully saturated rings. The molecule has 2 heterocycles.